The summed E-state index contributed by atoms with van der Waals surface area (Å²) in [5.74, 6) is 1.12. The quantitative estimate of drug-likeness (QED) is 0.477. The van der Waals surface area contributed by atoms with Crippen LogP contribution in [0.1, 0.15) is 26.2 Å². The molecular formula is C15H21N3S. The first-order chi connectivity index (χ1) is 9.31. The fourth-order valence-corrected chi connectivity index (χ4v) is 2.95. The second-order valence-corrected chi connectivity index (χ2v) is 5.81. The largest absolute Gasteiger partial charge is 0.317 e. The zero-order chi connectivity index (χ0) is 13.5. The normalized spacial score (nSPS) is 12.7. The molecule has 0 saturated heterocycles. The molecule has 0 amide bonds. The number of benzene rings is 1. The van der Waals surface area contributed by atoms with Crippen molar-refractivity contribution in [2.45, 2.75) is 37.3 Å². The maximum absolute atomic E-state index is 4.40. The molecule has 0 aliphatic rings. The van der Waals surface area contributed by atoms with Crippen molar-refractivity contribution in [2.24, 2.45) is 0 Å². The van der Waals surface area contributed by atoms with Crippen LogP contribution in [0.25, 0.3) is 10.9 Å². The van der Waals surface area contributed by atoms with E-state index in [4.69, 9.17) is 0 Å². The van der Waals surface area contributed by atoms with Crippen molar-refractivity contribution in [3.8, 4) is 0 Å². The van der Waals surface area contributed by atoms with Crippen LogP contribution in [-0.2, 0) is 0 Å². The first-order valence-electron chi connectivity index (χ1n) is 6.81. The summed E-state index contributed by atoms with van der Waals surface area (Å²) in [6, 6.07) is 8.81. The molecule has 2 aromatic rings. The number of nitrogens with one attached hydrogen (secondary N) is 1. The summed E-state index contributed by atoms with van der Waals surface area (Å²) in [6.07, 6.45) is 5.39. The smallest absolute Gasteiger partial charge is 0.117 e. The third kappa shape index (κ3) is 4.18. The van der Waals surface area contributed by atoms with Crippen LogP contribution in [-0.4, -0.2) is 28.8 Å². The Morgan fingerprint density at radius 3 is 2.89 bits per heavy atom. The van der Waals surface area contributed by atoms with Crippen LogP contribution >= 0.6 is 11.8 Å². The van der Waals surface area contributed by atoms with E-state index in [1.807, 2.05) is 37.0 Å². The second-order valence-electron chi connectivity index (χ2n) is 4.73. The average molecular weight is 275 g/mol. The molecule has 102 valence electrons. The van der Waals surface area contributed by atoms with Gasteiger partial charge >= 0.3 is 0 Å². The van der Waals surface area contributed by atoms with Crippen molar-refractivity contribution in [2.75, 3.05) is 12.8 Å². The lowest BCUT2D eigenvalue weighted by Gasteiger charge is -2.09. The molecule has 4 heteroatoms. The Morgan fingerprint density at radius 1 is 1.21 bits per heavy atom. The molecular weight excluding hydrogens is 254 g/mol. The first kappa shape index (κ1) is 14.3. The Labute approximate surface area is 119 Å². The van der Waals surface area contributed by atoms with Crippen molar-refractivity contribution in [1.29, 1.82) is 0 Å². The SMILES string of the molecule is CNC(C)CCCCSc1ncnc2ccccc12. The van der Waals surface area contributed by atoms with Gasteiger partial charge in [0.25, 0.3) is 0 Å². The molecule has 1 unspecified atom stereocenters. The van der Waals surface area contributed by atoms with Gasteiger partial charge in [0, 0.05) is 11.4 Å². The Kier molecular flexibility index (Phi) is 5.61. The summed E-state index contributed by atoms with van der Waals surface area (Å²) in [6.45, 7) is 2.23. The molecule has 0 saturated carbocycles. The minimum Gasteiger partial charge on any atom is -0.317 e. The molecule has 0 fully saturated rings. The molecule has 1 atom stereocenters. The van der Waals surface area contributed by atoms with Crippen LogP contribution < -0.4 is 5.32 Å². The number of hydrogen-bond donors (Lipinski definition) is 1. The number of fused-ring (bicyclic) bond motifs is 1. The lowest BCUT2D eigenvalue weighted by atomic mass is 10.1. The van der Waals surface area contributed by atoms with Crippen molar-refractivity contribution < 1.29 is 0 Å². The van der Waals surface area contributed by atoms with E-state index in [-0.39, 0.29) is 0 Å². The molecule has 0 bridgehead atoms. The summed E-state index contributed by atoms with van der Waals surface area (Å²) in [5.41, 5.74) is 1.03. The lowest BCUT2D eigenvalue weighted by Crippen LogP contribution is -2.20. The fraction of sp³-hybridized carbons (Fsp3) is 0.467. The maximum atomic E-state index is 4.40. The molecule has 0 radical (unpaired) electrons. The molecule has 19 heavy (non-hydrogen) atoms. The monoisotopic (exact) mass is 275 g/mol. The van der Waals surface area contributed by atoms with Crippen LogP contribution in [0, 0.1) is 0 Å². The number of aromatic nitrogens is 2. The summed E-state index contributed by atoms with van der Waals surface area (Å²) in [7, 11) is 2.02. The van der Waals surface area contributed by atoms with E-state index in [0.29, 0.717) is 6.04 Å². The van der Waals surface area contributed by atoms with Gasteiger partial charge in [0.15, 0.2) is 0 Å². The predicted octanol–water partition coefficient (Wildman–Crippen LogP) is 3.50. The highest BCUT2D eigenvalue weighted by Crippen LogP contribution is 2.25. The molecule has 1 aromatic heterocycles. The predicted molar refractivity (Wildman–Crippen MR) is 82.6 cm³/mol. The third-order valence-electron chi connectivity index (χ3n) is 3.27. The highest BCUT2D eigenvalue weighted by Gasteiger charge is 2.03. The first-order valence-corrected chi connectivity index (χ1v) is 7.79. The van der Waals surface area contributed by atoms with Gasteiger partial charge in [-0.1, -0.05) is 24.6 Å². The van der Waals surface area contributed by atoms with Gasteiger partial charge in [-0.25, -0.2) is 9.97 Å². The van der Waals surface area contributed by atoms with E-state index in [9.17, 15) is 0 Å². The zero-order valence-corrected chi connectivity index (χ0v) is 12.4. The number of para-hydroxylation sites is 1. The van der Waals surface area contributed by atoms with Crippen molar-refractivity contribution in [3.63, 3.8) is 0 Å². The third-order valence-corrected chi connectivity index (χ3v) is 4.36. The molecule has 0 spiro atoms. The number of thioether (sulfide) groups is 1. The second kappa shape index (κ2) is 7.46. The average Bonchev–Trinajstić information content (AvgIpc) is 2.46. The van der Waals surface area contributed by atoms with Gasteiger partial charge in [0.2, 0.25) is 0 Å². The van der Waals surface area contributed by atoms with Crippen LogP contribution in [0.15, 0.2) is 35.6 Å². The number of rotatable bonds is 7. The fourth-order valence-electron chi connectivity index (χ4n) is 1.96. The molecule has 1 N–H and O–H groups in total. The van der Waals surface area contributed by atoms with Crippen LogP contribution in [0.2, 0.25) is 0 Å². The summed E-state index contributed by atoms with van der Waals surface area (Å²) in [4.78, 5) is 8.68. The maximum Gasteiger partial charge on any atom is 0.117 e. The summed E-state index contributed by atoms with van der Waals surface area (Å²) < 4.78 is 0. The van der Waals surface area contributed by atoms with E-state index < -0.39 is 0 Å². The Bertz CT molecular complexity index is 510. The minimum absolute atomic E-state index is 0.616. The van der Waals surface area contributed by atoms with Crippen molar-refractivity contribution in [3.05, 3.63) is 30.6 Å². The van der Waals surface area contributed by atoms with E-state index >= 15 is 0 Å². The summed E-state index contributed by atoms with van der Waals surface area (Å²) >= 11 is 1.84. The van der Waals surface area contributed by atoms with E-state index in [1.54, 1.807) is 6.33 Å². The highest BCUT2D eigenvalue weighted by molar-refractivity contribution is 7.99. The Balaban J connectivity index is 1.85. The van der Waals surface area contributed by atoms with Gasteiger partial charge in [-0.15, -0.1) is 11.8 Å². The van der Waals surface area contributed by atoms with Gasteiger partial charge in [0.1, 0.15) is 11.4 Å². The molecule has 2 rings (SSSR count). The van der Waals surface area contributed by atoms with Crippen molar-refractivity contribution >= 4 is 22.7 Å². The van der Waals surface area contributed by atoms with E-state index in [1.165, 1.54) is 24.6 Å². The zero-order valence-electron chi connectivity index (χ0n) is 11.6. The topological polar surface area (TPSA) is 37.8 Å². The van der Waals surface area contributed by atoms with Crippen LogP contribution in [0.3, 0.4) is 0 Å². The molecule has 0 aliphatic heterocycles. The van der Waals surface area contributed by atoms with Gasteiger partial charge in [-0.2, -0.15) is 0 Å². The summed E-state index contributed by atoms with van der Waals surface area (Å²) in [5, 5.41) is 5.54. The minimum atomic E-state index is 0.616. The van der Waals surface area contributed by atoms with E-state index in [0.717, 1.165) is 16.3 Å². The number of hydrogen-bond acceptors (Lipinski definition) is 4. The van der Waals surface area contributed by atoms with Crippen LogP contribution in [0.5, 0.6) is 0 Å². The molecule has 0 aliphatic carbocycles. The number of unbranched alkanes of at least 4 members (excludes halogenated alkanes) is 1. The van der Waals surface area contributed by atoms with Gasteiger partial charge in [0.05, 0.1) is 5.52 Å². The highest BCUT2D eigenvalue weighted by atomic mass is 32.2. The van der Waals surface area contributed by atoms with Gasteiger partial charge < -0.3 is 5.32 Å². The molecule has 1 heterocycles. The standard InChI is InChI=1S/C15H21N3S/c1-12(16-2)7-5-6-10-19-15-13-8-3-4-9-14(13)17-11-18-15/h3-4,8-9,11-12,16H,5-7,10H2,1-2H3. The van der Waals surface area contributed by atoms with Gasteiger partial charge in [-0.05, 0) is 38.6 Å². The van der Waals surface area contributed by atoms with E-state index in [2.05, 4.69) is 28.3 Å². The Hall–Kier alpha value is -1.13. The Morgan fingerprint density at radius 2 is 2.05 bits per heavy atom. The lowest BCUT2D eigenvalue weighted by molar-refractivity contribution is 0.539. The van der Waals surface area contributed by atoms with Crippen molar-refractivity contribution in [1.82, 2.24) is 15.3 Å². The van der Waals surface area contributed by atoms with Gasteiger partial charge in [-0.3, -0.25) is 0 Å². The van der Waals surface area contributed by atoms with Crippen LogP contribution in [0.4, 0.5) is 0 Å². The molecule has 1 aromatic carbocycles. The molecule has 3 nitrogen and oxygen atoms in total. The number of nitrogens with zero attached hydrogens (tertiary/aromatic N) is 2.